The van der Waals surface area contributed by atoms with Crippen LogP contribution in [0.15, 0.2) is 0 Å². The Hall–Kier alpha value is -0.0400. The Morgan fingerprint density at radius 3 is 2.18 bits per heavy atom. The summed E-state index contributed by atoms with van der Waals surface area (Å²) >= 11 is 0. The summed E-state index contributed by atoms with van der Waals surface area (Å²) in [7, 11) is 0. The molecule has 2 fully saturated rings. The highest BCUT2D eigenvalue weighted by Gasteiger charge is 2.43. The van der Waals surface area contributed by atoms with Gasteiger partial charge in [-0.15, -0.1) is 0 Å². The molecule has 1 nitrogen and oxygen atoms in total. The van der Waals surface area contributed by atoms with E-state index in [2.05, 4.69) is 13.8 Å². The standard InChI is InChI=1S/C16H30O/c1-3-13-9-7-8-12-15(13)16(2,17)14-10-5-4-6-11-14/h13-15,17H,3-12H2,1-2H3. The van der Waals surface area contributed by atoms with E-state index >= 15 is 0 Å². The molecule has 0 aromatic carbocycles. The summed E-state index contributed by atoms with van der Waals surface area (Å²) in [5, 5.41) is 11.1. The SMILES string of the molecule is CCC1CCCCC1C(C)(O)C1CCCCC1. The van der Waals surface area contributed by atoms with Gasteiger partial charge in [-0.1, -0.05) is 51.9 Å². The van der Waals surface area contributed by atoms with Crippen LogP contribution in [0, 0.1) is 17.8 Å². The smallest absolute Gasteiger partial charge is 0.0678 e. The lowest BCUT2D eigenvalue weighted by atomic mass is 9.63. The zero-order valence-electron chi connectivity index (χ0n) is 11.8. The quantitative estimate of drug-likeness (QED) is 0.765. The van der Waals surface area contributed by atoms with E-state index in [1.807, 2.05) is 0 Å². The van der Waals surface area contributed by atoms with Gasteiger partial charge in [0.15, 0.2) is 0 Å². The Bertz CT molecular complexity index is 228. The van der Waals surface area contributed by atoms with Crippen LogP contribution < -0.4 is 0 Å². The molecule has 3 atom stereocenters. The van der Waals surface area contributed by atoms with Gasteiger partial charge in [0, 0.05) is 0 Å². The first-order valence-electron chi connectivity index (χ1n) is 7.88. The molecule has 0 saturated heterocycles. The molecule has 0 bridgehead atoms. The molecule has 1 N–H and O–H groups in total. The van der Waals surface area contributed by atoms with Crippen LogP contribution in [0.25, 0.3) is 0 Å². The van der Waals surface area contributed by atoms with Crippen molar-refractivity contribution < 1.29 is 5.11 Å². The molecule has 2 saturated carbocycles. The van der Waals surface area contributed by atoms with Crippen molar-refractivity contribution in [1.82, 2.24) is 0 Å². The van der Waals surface area contributed by atoms with Crippen LogP contribution in [0.4, 0.5) is 0 Å². The minimum atomic E-state index is -0.387. The summed E-state index contributed by atoms with van der Waals surface area (Å²) in [4.78, 5) is 0. The lowest BCUT2D eigenvalue weighted by molar-refractivity contribution is -0.0964. The van der Waals surface area contributed by atoms with Gasteiger partial charge in [-0.2, -0.15) is 0 Å². The predicted octanol–water partition coefficient (Wildman–Crippen LogP) is 4.53. The molecule has 0 spiro atoms. The maximum Gasteiger partial charge on any atom is 0.0678 e. The second-order valence-electron chi connectivity index (χ2n) is 6.62. The Labute approximate surface area is 107 Å². The van der Waals surface area contributed by atoms with Gasteiger partial charge < -0.3 is 5.11 Å². The van der Waals surface area contributed by atoms with Crippen molar-refractivity contribution in [3.63, 3.8) is 0 Å². The first kappa shape index (κ1) is 13.4. The van der Waals surface area contributed by atoms with Gasteiger partial charge in [0.2, 0.25) is 0 Å². The second-order valence-corrected chi connectivity index (χ2v) is 6.62. The number of aliphatic hydroxyl groups is 1. The Morgan fingerprint density at radius 2 is 1.53 bits per heavy atom. The van der Waals surface area contributed by atoms with E-state index in [0.29, 0.717) is 11.8 Å². The van der Waals surface area contributed by atoms with Crippen molar-refractivity contribution in [3.05, 3.63) is 0 Å². The molecule has 0 aliphatic heterocycles. The summed E-state index contributed by atoms with van der Waals surface area (Å²) in [6, 6.07) is 0. The molecule has 0 aromatic heterocycles. The fraction of sp³-hybridized carbons (Fsp3) is 1.00. The summed E-state index contributed by atoms with van der Waals surface area (Å²) < 4.78 is 0. The average molecular weight is 238 g/mol. The second kappa shape index (κ2) is 5.73. The number of hydrogen-bond acceptors (Lipinski definition) is 1. The zero-order chi connectivity index (χ0) is 12.3. The fourth-order valence-electron chi connectivity index (χ4n) is 4.46. The molecule has 3 unspecified atom stereocenters. The van der Waals surface area contributed by atoms with Gasteiger partial charge in [-0.05, 0) is 43.9 Å². The van der Waals surface area contributed by atoms with E-state index in [1.54, 1.807) is 0 Å². The molecule has 2 aliphatic carbocycles. The summed E-state index contributed by atoms with van der Waals surface area (Å²) in [5.74, 6) is 1.93. The summed E-state index contributed by atoms with van der Waals surface area (Å²) in [6.45, 7) is 4.46. The lowest BCUT2D eigenvalue weighted by Crippen LogP contribution is -2.47. The van der Waals surface area contributed by atoms with Gasteiger partial charge in [-0.25, -0.2) is 0 Å². The Balaban J connectivity index is 2.05. The highest BCUT2D eigenvalue weighted by molar-refractivity contribution is 4.94. The minimum Gasteiger partial charge on any atom is -0.390 e. The molecular weight excluding hydrogens is 208 g/mol. The molecular formula is C16H30O. The van der Waals surface area contributed by atoms with Crippen molar-refractivity contribution in [2.24, 2.45) is 17.8 Å². The van der Waals surface area contributed by atoms with Crippen LogP contribution in [0.5, 0.6) is 0 Å². The predicted molar refractivity (Wildman–Crippen MR) is 72.9 cm³/mol. The van der Waals surface area contributed by atoms with E-state index in [0.717, 1.165) is 5.92 Å². The highest BCUT2D eigenvalue weighted by atomic mass is 16.3. The van der Waals surface area contributed by atoms with Gasteiger partial charge in [0.05, 0.1) is 5.60 Å². The Kier molecular flexibility index (Phi) is 4.52. The van der Waals surface area contributed by atoms with Crippen molar-refractivity contribution in [1.29, 1.82) is 0 Å². The molecule has 0 radical (unpaired) electrons. The topological polar surface area (TPSA) is 20.2 Å². The third kappa shape index (κ3) is 2.86. The molecule has 17 heavy (non-hydrogen) atoms. The molecule has 0 aromatic rings. The maximum atomic E-state index is 11.1. The van der Waals surface area contributed by atoms with Crippen molar-refractivity contribution in [2.45, 2.75) is 83.7 Å². The molecule has 1 heteroatoms. The number of rotatable bonds is 3. The first-order valence-corrected chi connectivity index (χ1v) is 7.88. The first-order chi connectivity index (χ1) is 8.16. The van der Waals surface area contributed by atoms with E-state index in [4.69, 9.17) is 0 Å². The van der Waals surface area contributed by atoms with Gasteiger partial charge >= 0.3 is 0 Å². The number of hydrogen-bond donors (Lipinski definition) is 1. The van der Waals surface area contributed by atoms with Gasteiger partial charge in [0.25, 0.3) is 0 Å². The van der Waals surface area contributed by atoms with Crippen LogP contribution >= 0.6 is 0 Å². The summed E-state index contributed by atoms with van der Waals surface area (Å²) in [6.07, 6.45) is 13.2. The van der Waals surface area contributed by atoms with Crippen molar-refractivity contribution >= 4 is 0 Å². The largest absolute Gasteiger partial charge is 0.390 e. The highest BCUT2D eigenvalue weighted by Crippen LogP contribution is 2.45. The Morgan fingerprint density at radius 1 is 0.941 bits per heavy atom. The van der Waals surface area contributed by atoms with Crippen LogP contribution in [0.3, 0.4) is 0 Å². The van der Waals surface area contributed by atoms with Crippen molar-refractivity contribution in [2.75, 3.05) is 0 Å². The monoisotopic (exact) mass is 238 g/mol. The third-order valence-electron chi connectivity index (χ3n) is 5.62. The third-order valence-corrected chi connectivity index (χ3v) is 5.62. The van der Waals surface area contributed by atoms with E-state index in [1.165, 1.54) is 64.2 Å². The molecule has 2 aliphatic rings. The zero-order valence-corrected chi connectivity index (χ0v) is 11.8. The summed E-state index contributed by atoms with van der Waals surface area (Å²) in [5.41, 5.74) is -0.387. The van der Waals surface area contributed by atoms with Crippen LogP contribution in [0.2, 0.25) is 0 Å². The van der Waals surface area contributed by atoms with Crippen LogP contribution in [-0.2, 0) is 0 Å². The fourth-order valence-corrected chi connectivity index (χ4v) is 4.46. The molecule has 100 valence electrons. The van der Waals surface area contributed by atoms with E-state index in [-0.39, 0.29) is 5.60 Å². The normalized spacial score (nSPS) is 35.5. The van der Waals surface area contributed by atoms with Crippen molar-refractivity contribution in [3.8, 4) is 0 Å². The lowest BCUT2D eigenvalue weighted by Gasteiger charge is -2.46. The minimum absolute atomic E-state index is 0.387. The van der Waals surface area contributed by atoms with Crippen LogP contribution in [-0.4, -0.2) is 10.7 Å². The molecule has 0 heterocycles. The van der Waals surface area contributed by atoms with Gasteiger partial charge in [-0.3, -0.25) is 0 Å². The van der Waals surface area contributed by atoms with E-state index in [9.17, 15) is 5.11 Å². The maximum absolute atomic E-state index is 11.1. The molecule has 2 rings (SSSR count). The van der Waals surface area contributed by atoms with Gasteiger partial charge in [0.1, 0.15) is 0 Å². The van der Waals surface area contributed by atoms with Crippen LogP contribution in [0.1, 0.15) is 78.1 Å². The average Bonchev–Trinajstić information content (AvgIpc) is 2.39. The molecule has 0 amide bonds. The van der Waals surface area contributed by atoms with E-state index < -0.39 is 0 Å².